The molecule has 0 aromatic rings. The van der Waals surface area contributed by atoms with Crippen LogP contribution in [0, 0.1) is 0 Å². The lowest BCUT2D eigenvalue weighted by Gasteiger charge is -2.30. The molecule has 2 unspecified atom stereocenters. The molecule has 1 aliphatic rings. The predicted octanol–water partition coefficient (Wildman–Crippen LogP) is 1.31. The molecule has 0 spiro atoms. The van der Waals surface area contributed by atoms with Gasteiger partial charge in [0.15, 0.2) is 0 Å². The third-order valence-electron chi connectivity index (χ3n) is 3.57. The molecule has 1 aliphatic heterocycles. The highest BCUT2D eigenvalue weighted by molar-refractivity contribution is 5.79. The van der Waals surface area contributed by atoms with Crippen LogP contribution in [0.1, 0.15) is 40.5 Å². The first kappa shape index (κ1) is 13.5. The second kappa shape index (κ2) is 5.15. The number of hydrogen-bond acceptors (Lipinski definition) is 3. The number of nitrogens with one attached hydrogen (secondary N) is 1. The molecule has 0 saturated carbocycles. The van der Waals surface area contributed by atoms with Crippen LogP contribution in [0.15, 0.2) is 0 Å². The first-order valence-electron chi connectivity index (χ1n) is 6.16. The molecule has 1 fully saturated rings. The van der Waals surface area contributed by atoms with Crippen LogP contribution in [0.25, 0.3) is 0 Å². The van der Waals surface area contributed by atoms with Gasteiger partial charge < -0.3 is 5.11 Å². The van der Waals surface area contributed by atoms with Gasteiger partial charge in [0.05, 0.1) is 0 Å². The number of nitrogens with zero attached hydrogens (tertiary/aromatic N) is 1. The van der Waals surface area contributed by atoms with Crippen LogP contribution in [0.3, 0.4) is 0 Å². The standard InChI is InChI=1S/C12H24N2O2/c1-5-10(4)13-12(11(15)16)6-7-14(8-12)9(2)3/h9-10,13H,5-8H2,1-4H3,(H,15,16). The second-order valence-electron chi connectivity index (χ2n) is 5.16. The Bertz CT molecular complexity index is 255. The molecule has 0 radical (unpaired) electrons. The number of carbonyl (C=O) groups is 1. The number of rotatable bonds is 5. The van der Waals surface area contributed by atoms with Gasteiger partial charge in [-0.3, -0.25) is 15.0 Å². The summed E-state index contributed by atoms with van der Waals surface area (Å²) in [5.41, 5.74) is -0.736. The van der Waals surface area contributed by atoms with Gasteiger partial charge in [0, 0.05) is 25.2 Å². The molecule has 0 aromatic carbocycles. The van der Waals surface area contributed by atoms with Gasteiger partial charge in [0.1, 0.15) is 5.54 Å². The SMILES string of the molecule is CCC(C)NC1(C(=O)O)CCN(C(C)C)C1. The van der Waals surface area contributed by atoms with Gasteiger partial charge in [-0.1, -0.05) is 6.92 Å². The summed E-state index contributed by atoms with van der Waals surface area (Å²) in [5.74, 6) is -0.712. The van der Waals surface area contributed by atoms with E-state index in [9.17, 15) is 9.90 Å². The Kier molecular flexibility index (Phi) is 4.33. The van der Waals surface area contributed by atoms with E-state index < -0.39 is 11.5 Å². The van der Waals surface area contributed by atoms with Gasteiger partial charge in [-0.05, 0) is 33.6 Å². The van der Waals surface area contributed by atoms with Gasteiger partial charge in [-0.25, -0.2) is 0 Å². The zero-order valence-electron chi connectivity index (χ0n) is 10.8. The summed E-state index contributed by atoms with van der Waals surface area (Å²) in [6.07, 6.45) is 1.65. The van der Waals surface area contributed by atoms with Crippen molar-refractivity contribution in [2.75, 3.05) is 13.1 Å². The Balaban J connectivity index is 2.73. The van der Waals surface area contributed by atoms with E-state index in [2.05, 4.69) is 31.0 Å². The Morgan fingerprint density at radius 3 is 2.50 bits per heavy atom. The van der Waals surface area contributed by atoms with E-state index in [1.54, 1.807) is 0 Å². The number of likely N-dealkylation sites (tertiary alicyclic amines) is 1. The van der Waals surface area contributed by atoms with Crippen LogP contribution in [0.2, 0.25) is 0 Å². The Labute approximate surface area is 98.0 Å². The van der Waals surface area contributed by atoms with Crippen LogP contribution >= 0.6 is 0 Å². The van der Waals surface area contributed by atoms with E-state index in [-0.39, 0.29) is 6.04 Å². The molecule has 4 nitrogen and oxygen atoms in total. The number of hydrogen-bond donors (Lipinski definition) is 2. The normalized spacial score (nSPS) is 28.6. The molecule has 1 heterocycles. The van der Waals surface area contributed by atoms with Crippen molar-refractivity contribution < 1.29 is 9.90 Å². The van der Waals surface area contributed by atoms with Gasteiger partial charge in [-0.15, -0.1) is 0 Å². The van der Waals surface area contributed by atoms with Crippen molar-refractivity contribution >= 4 is 5.97 Å². The van der Waals surface area contributed by atoms with Crippen LogP contribution < -0.4 is 5.32 Å². The van der Waals surface area contributed by atoms with Crippen LogP contribution in [0.5, 0.6) is 0 Å². The Hall–Kier alpha value is -0.610. The molecule has 2 atom stereocenters. The summed E-state index contributed by atoms with van der Waals surface area (Å²) in [7, 11) is 0. The minimum Gasteiger partial charge on any atom is -0.480 e. The molecule has 1 saturated heterocycles. The second-order valence-corrected chi connectivity index (χ2v) is 5.16. The minimum absolute atomic E-state index is 0.253. The molecule has 4 heteroatoms. The van der Waals surface area contributed by atoms with Crippen molar-refractivity contribution in [1.82, 2.24) is 10.2 Å². The van der Waals surface area contributed by atoms with Gasteiger partial charge in [-0.2, -0.15) is 0 Å². The highest BCUT2D eigenvalue weighted by Gasteiger charge is 2.45. The lowest BCUT2D eigenvalue weighted by Crippen LogP contribution is -2.57. The first-order chi connectivity index (χ1) is 7.41. The van der Waals surface area contributed by atoms with Crippen LogP contribution in [-0.2, 0) is 4.79 Å². The van der Waals surface area contributed by atoms with Crippen LogP contribution in [-0.4, -0.2) is 46.7 Å². The molecule has 16 heavy (non-hydrogen) atoms. The summed E-state index contributed by atoms with van der Waals surface area (Å²) in [5, 5.41) is 12.7. The van der Waals surface area contributed by atoms with Crippen molar-refractivity contribution in [2.45, 2.75) is 58.2 Å². The van der Waals surface area contributed by atoms with Crippen molar-refractivity contribution in [3.05, 3.63) is 0 Å². The highest BCUT2D eigenvalue weighted by atomic mass is 16.4. The number of aliphatic carboxylic acids is 1. The van der Waals surface area contributed by atoms with E-state index in [4.69, 9.17) is 0 Å². The van der Waals surface area contributed by atoms with Crippen molar-refractivity contribution in [3.8, 4) is 0 Å². The molecule has 1 rings (SSSR count). The van der Waals surface area contributed by atoms with E-state index in [1.807, 2.05) is 6.92 Å². The Morgan fingerprint density at radius 1 is 1.50 bits per heavy atom. The fourth-order valence-corrected chi connectivity index (χ4v) is 2.21. The largest absolute Gasteiger partial charge is 0.480 e. The average molecular weight is 228 g/mol. The summed E-state index contributed by atoms with van der Waals surface area (Å²) in [6.45, 7) is 9.82. The van der Waals surface area contributed by atoms with Crippen molar-refractivity contribution in [1.29, 1.82) is 0 Å². The number of carboxylic acids is 1. The maximum Gasteiger partial charge on any atom is 0.325 e. The van der Waals surface area contributed by atoms with Gasteiger partial charge in [0.25, 0.3) is 0 Å². The first-order valence-corrected chi connectivity index (χ1v) is 6.16. The summed E-state index contributed by atoms with van der Waals surface area (Å²) < 4.78 is 0. The average Bonchev–Trinajstić information content (AvgIpc) is 2.63. The Morgan fingerprint density at radius 2 is 2.12 bits per heavy atom. The summed E-state index contributed by atoms with van der Waals surface area (Å²) in [6, 6.07) is 0.670. The maximum absolute atomic E-state index is 11.5. The lowest BCUT2D eigenvalue weighted by atomic mass is 9.97. The zero-order chi connectivity index (χ0) is 12.3. The molecule has 0 bridgehead atoms. The molecule has 94 valence electrons. The van der Waals surface area contributed by atoms with Gasteiger partial charge >= 0.3 is 5.97 Å². The van der Waals surface area contributed by atoms with Gasteiger partial charge in [0.2, 0.25) is 0 Å². The molecular formula is C12H24N2O2. The van der Waals surface area contributed by atoms with Crippen LogP contribution in [0.4, 0.5) is 0 Å². The van der Waals surface area contributed by atoms with E-state index >= 15 is 0 Å². The fourth-order valence-electron chi connectivity index (χ4n) is 2.21. The topological polar surface area (TPSA) is 52.6 Å². The quantitative estimate of drug-likeness (QED) is 0.745. The summed E-state index contributed by atoms with van der Waals surface area (Å²) in [4.78, 5) is 13.7. The third-order valence-corrected chi connectivity index (χ3v) is 3.57. The molecule has 0 aliphatic carbocycles. The van der Waals surface area contributed by atoms with Crippen molar-refractivity contribution in [3.63, 3.8) is 0 Å². The number of carboxylic acid groups (broad SMARTS) is 1. The highest BCUT2D eigenvalue weighted by Crippen LogP contribution is 2.24. The maximum atomic E-state index is 11.5. The molecule has 0 amide bonds. The molecule has 2 N–H and O–H groups in total. The zero-order valence-corrected chi connectivity index (χ0v) is 10.8. The predicted molar refractivity (Wildman–Crippen MR) is 64.6 cm³/mol. The van der Waals surface area contributed by atoms with Crippen molar-refractivity contribution in [2.24, 2.45) is 0 Å². The van der Waals surface area contributed by atoms with E-state index in [0.717, 1.165) is 13.0 Å². The minimum atomic E-state index is -0.736. The smallest absolute Gasteiger partial charge is 0.325 e. The monoisotopic (exact) mass is 228 g/mol. The fraction of sp³-hybridized carbons (Fsp3) is 0.917. The van der Waals surface area contributed by atoms with E-state index in [0.29, 0.717) is 19.0 Å². The van der Waals surface area contributed by atoms with E-state index in [1.165, 1.54) is 0 Å². The third kappa shape index (κ3) is 2.74. The molecular weight excluding hydrogens is 204 g/mol. The summed E-state index contributed by atoms with van der Waals surface area (Å²) >= 11 is 0. The lowest BCUT2D eigenvalue weighted by molar-refractivity contribution is -0.144. The molecule has 0 aromatic heterocycles.